The number of aliphatic hydroxyl groups excluding tert-OH is 1. The van der Waals surface area contributed by atoms with Gasteiger partial charge in [-0.05, 0) is 42.3 Å². The van der Waals surface area contributed by atoms with Gasteiger partial charge in [-0.3, -0.25) is 4.79 Å². The Balaban J connectivity index is 2.26. The van der Waals surface area contributed by atoms with Crippen molar-refractivity contribution < 1.29 is 18.7 Å². The van der Waals surface area contributed by atoms with Crippen LogP contribution in [0.25, 0.3) is 0 Å². The SMILES string of the molecule is Cc1cc(F)c(C(=O)Nc2cccc(CO)c2)cc1F. The summed E-state index contributed by atoms with van der Waals surface area (Å²) in [6, 6.07) is 8.33. The fourth-order valence-electron chi connectivity index (χ4n) is 1.77. The number of carbonyl (C=O) groups excluding carboxylic acids is 1. The van der Waals surface area contributed by atoms with Gasteiger partial charge in [-0.2, -0.15) is 0 Å². The lowest BCUT2D eigenvalue weighted by Gasteiger charge is -2.08. The molecule has 5 heteroatoms. The molecule has 2 aromatic carbocycles. The number of rotatable bonds is 3. The number of aryl methyl sites for hydroxylation is 1. The van der Waals surface area contributed by atoms with E-state index in [4.69, 9.17) is 5.11 Å². The summed E-state index contributed by atoms with van der Waals surface area (Å²) in [7, 11) is 0. The maximum atomic E-state index is 13.7. The van der Waals surface area contributed by atoms with E-state index < -0.39 is 17.5 Å². The number of aliphatic hydroxyl groups is 1. The number of anilines is 1. The lowest BCUT2D eigenvalue weighted by molar-refractivity contribution is 0.102. The Morgan fingerprint density at radius 2 is 1.95 bits per heavy atom. The molecule has 0 heterocycles. The van der Waals surface area contributed by atoms with E-state index in [1.807, 2.05) is 0 Å². The number of hydrogen-bond acceptors (Lipinski definition) is 2. The van der Waals surface area contributed by atoms with Crippen molar-refractivity contribution in [3.63, 3.8) is 0 Å². The molecular weight excluding hydrogens is 264 g/mol. The van der Waals surface area contributed by atoms with Gasteiger partial charge in [0.2, 0.25) is 0 Å². The fraction of sp³-hybridized carbons (Fsp3) is 0.133. The molecule has 0 aromatic heterocycles. The summed E-state index contributed by atoms with van der Waals surface area (Å²) in [5.74, 6) is -2.16. The normalized spacial score (nSPS) is 10.4. The van der Waals surface area contributed by atoms with Crippen LogP contribution in [0.1, 0.15) is 21.5 Å². The zero-order valence-electron chi connectivity index (χ0n) is 10.8. The van der Waals surface area contributed by atoms with E-state index in [0.717, 1.165) is 12.1 Å². The van der Waals surface area contributed by atoms with Gasteiger partial charge >= 0.3 is 0 Å². The number of benzene rings is 2. The average molecular weight is 277 g/mol. The van der Waals surface area contributed by atoms with Crippen LogP contribution in [0.4, 0.5) is 14.5 Å². The van der Waals surface area contributed by atoms with E-state index in [9.17, 15) is 13.6 Å². The van der Waals surface area contributed by atoms with Crippen molar-refractivity contribution in [2.24, 2.45) is 0 Å². The maximum Gasteiger partial charge on any atom is 0.258 e. The molecule has 2 aromatic rings. The third-order valence-electron chi connectivity index (χ3n) is 2.86. The van der Waals surface area contributed by atoms with Gasteiger partial charge < -0.3 is 10.4 Å². The first-order valence-electron chi connectivity index (χ1n) is 5.98. The minimum absolute atomic E-state index is 0.140. The van der Waals surface area contributed by atoms with Crippen LogP contribution in [-0.4, -0.2) is 11.0 Å². The average Bonchev–Trinajstić information content (AvgIpc) is 2.43. The molecule has 2 rings (SSSR count). The molecule has 0 bridgehead atoms. The van der Waals surface area contributed by atoms with Crippen LogP contribution < -0.4 is 5.32 Å². The topological polar surface area (TPSA) is 49.3 Å². The van der Waals surface area contributed by atoms with Gasteiger partial charge in [0.25, 0.3) is 5.91 Å². The standard InChI is InChI=1S/C15H13F2NO2/c1-9-5-14(17)12(7-13(9)16)15(20)18-11-4-2-3-10(6-11)8-19/h2-7,19H,8H2,1H3,(H,18,20). The highest BCUT2D eigenvalue weighted by Gasteiger charge is 2.15. The van der Waals surface area contributed by atoms with Crippen LogP contribution >= 0.6 is 0 Å². The number of hydrogen-bond donors (Lipinski definition) is 2. The lowest BCUT2D eigenvalue weighted by Crippen LogP contribution is -2.14. The molecule has 0 unspecified atom stereocenters. The molecule has 104 valence electrons. The molecule has 0 radical (unpaired) electrons. The second-order valence-corrected chi connectivity index (χ2v) is 4.39. The van der Waals surface area contributed by atoms with E-state index in [1.165, 1.54) is 6.92 Å². The van der Waals surface area contributed by atoms with Gasteiger partial charge in [0.05, 0.1) is 12.2 Å². The van der Waals surface area contributed by atoms with Crippen molar-refractivity contribution in [2.45, 2.75) is 13.5 Å². The van der Waals surface area contributed by atoms with E-state index >= 15 is 0 Å². The van der Waals surface area contributed by atoms with E-state index in [-0.39, 0.29) is 17.7 Å². The van der Waals surface area contributed by atoms with Crippen LogP contribution in [0.5, 0.6) is 0 Å². The molecular formula is C15H13F2NO2. The second kappa shape index (κ2) is 5.79. The summed E-state index contributed by atoms with van der Waals surface area (Å²) in [5, 5.41) is 11.5. The summed E-state index contributed by atoms with van der Waals surface area (Å²) >= 11 is 0. The van der Waals surface area contributed by atoms with Crippen LogP contribution in [0.2, 0.25) is 0 Å². The predicted octanol–water partition coefficient (Wildman–Crippen LogP) is 3.02. The van der Waals surface area contributed by atoms with E-state index in [0.29, 0.717) is 11.3 Å². The summed E-state index contributed by atoms with van der Waals surface area (Å²) in [6.45, 7) is 1.25. The third-order valence-corrected chi connectivity index (χ3v) is 2.86. The molecule has 0 spiro atoms. The van der Waals surface area contributed by atoms with Crippen molar-refractivity contribution in [3.8, 4) is 0 Å². The smallest absolute Gasteiger partial charge is 0.258 e. The Hall–Kier alpha value is -2.27. The monoisotopic (exact) mass is 277 g/mol. The van der Waals surface area contributed by atoms with E-state index in [1.54, 1.807) is 24.3 Å². The van der Waals surface area contributed by atoms with Crippen LogP contribution in [0.3, 0.4) is 0 Å². The van der Waals surface area contributed by atoms with Gasteiger partial charge in [0, 0.05) is 5.69 Å². The molecule has 0 atom stereocenters. The highest BCUT2D eigenvalue weighted by Crippen LogP contribution is 2.17. The zero-order chi connectivity index (χ0) is 14.7. The summed E-state index contributed by atoms with van der Waals surface area (Å²) in [6.07, 6.45) is 0. The Morgan fingerprint density at radius 1 is 1.20 bits per heavy atom. The van der Waals surface area contributed by atoms with Crippen molar-refractivity contribution in [1.29, 1.82) is 0 Å². The molecule has 20 heavy (non-hydrogen) atoms. The highest BCUT2D eigenvalue weighted by molar-refractivity contribution is 6.04. The Morgan fingerprint density at radius 3 is 2.65 bits per heavy atom. The number of halogens is 2. The van der Waals surface area contributed by atoms with Crippen molar-refractivity contribution in [1.82, 2.24) is 0 Å². The molecule has 0 aliphatic carbocycles. The molecule has 0 aliphatic rings. The summed E-state index contributed by atoms with van der Waals surface area (Å²) < 4.78 is 27.1. The first kappa shape index (κ1) is 14.1. The highest BCUT2D eigenvalue weighted by atomic mass is 19.1. The van der Waals surface area contributed by atoms with Crippen LogP contribution in [0, 0.1) is 18.6 Å². The van der Waals surface area contributed by atoms with E-state index in [2.05, 4.69) is 5.32 Å². The molecule has 1 amide bonds. The van der Waals surface area contributed by atoms with Gasteiger partial charge in [-0.15, -0.1) is 0 Å². The number of amides is 1. The number of nitrogens with one attached hydrogen (secondary N) is 1. The quantitative estimate of drug-likeness (QED) is 0.906. The lowest BCUT2D eigenvalue weighted by atomic mass is 10.1. The second-order valence-electron chi connectivity index (χ2n) is 4.39. The Kier molecular flexibility index (Phi) is 4.10. The molecule has 2 N–H and O–H groups in total. The minimum Gasteiger partial charge on any atom is -0.392 e. The molecule has 0 saturated heterocycles. The molecule has 0 fully saturated rings. The summed E-state index contributed by atoms with van der Waals surface area (Å²) in [5.41, 5.74) is 0.795. The Bertz CT molecular complexity index is 656. The van der Waals surface area contributed by atoms with Gasteiger partial charge in [-0.1, -0.05) is 12.1 Å². The fourth-order valence-corrected chi connectivity index (χ4v) is 1.77. The largest absolute Gasteiger partial charge is 0.392 e. The first-order valence-corrected chi connectivity index (χ1v) is 5.98. The molecule has 0 saturated carbocycles. The van der Waals surface area contributed by atoms with Crippen molar-refractivity contribution >= 4 is 11.6 Å². The molecule has 3 nitrogen and oxygen atoms in total. The van der Waals surface area contributed by atoms with Gasteiger partial charge in [-0.25, -0.2) is 8.78 Å². The first-order chi connectivity index (χ1) is 9.51. The summed E-state index contributed by atoms with van der Waals surface area (Å²) in [4.78, 5) is 11.9. The third kappa shape index (κ3) is 3.00. The predicted molar refractivity (Wildman–Crippen MR) is 71.4 cm³/mol. The Labute approximate surface area is 114 Å². The zero-order valence-corrected chi connectivity index (χ0v) is 10.8. The maximum absolute atomic E-state index is 13.7. The van der Waals surface area contributed by atoms with Crippen LogP contribution in [-0.2, 0) is 6.61 Å². The van der Waals surface area contributed by atoms with Gasteiger partial charge in [0.15, 0.2) is 0 Å². The minimum atomic E-state index is -0.778. The van der Waals surface area contributed by atoms with Crippen LogP contribution in [0.15, 0.2) is 36.4 Å². The van der Waals surface area contributed by atoms with Crippen molar-refractivity contribution in [3.05, 3.63) is 64.7 Å². The van der Waals surface area contributed by atoms with Crippen molar-refractivity contribution in [2.75, 3.05) is 5.32 Å². The van der Waals surface area contributed by atoms with Gasteiger partial charge in [0.1, 0.15) is 11.6 Å². The number of carbonyl (C=O) groups is 1. The molecule has 0 aliphatic heterocycles.